The van der Waals surface area contributed by atoms with Crippen molar-refractivity contribution in [1.82, 2.24) is 9.80 Å². The Morgan fingerprint density at radius 3 is 2.44 bits per heavy atom. The summed E-state index contributed by atoms with van der Waals surface area (Å²) in [4.78, 5) is 28.9. The summed E-state index contributed by atoms with van der Waals surface area (Å²) >= 11 is 3.48. The Bertz CT molecular complexity index is 1000. The lowest BCUT2D eigenvalue weighted by Gasteiger charge is -2.57. The van der Waals surface area contributed by atoms with Crippen molar-refractivity contribution in [3.05, 3.63) is 58.6 Å². The summed E-state index contributed by atoms with van der Waals surface area (Å²) in [5.41, 5.74) is 1.79. The number of esters is 1. The van der Waals surface area contributed by atoms with Gasteiger partial charge in [-0.1, -0.05) is 28.1 Å². The number of hydrogen-bond acceptors (Lipinski definition) is 6. The van der Waals surface area contributed by atoms with E-state index in [4.69, 9.17) is 9.47 Å². The number of anilines is 1. The molecule has 0 spiro atoms. The largest absolute Gasteiger partial charge is 0.497 e. The van der Waals surface area contributed by atoms with Crippen LogP contribution < -0.4 is 10.1 Å². The van der Waals surface area contributed by atoms with Crippen molar-refractivity contribution in [2.75, 3.05) is 38.7 Å². The van der Waals surface area contributed by atoms with E-state index in [0.717, 1.165) is 10.0 Å². The van der Waals surface area contributed by atoms with E-state index < -0.39 is 6.10 Å². The molecule has 9 heteroatoms. The molecule has 0 saturated carbocycles. The van der Waals surface area contributed by atoms with Crippen LogP contribution in [0.4, 0.5) is 10.5 Å². The van der Waals surface area contributed by atoms with Crippen molar-refractivity contribution in [1.29, 1.82) is 0 Å². The highest BCUT2D eigenvalue weighted by atomic mass is 79.9. The van der Waals surface area contributed by atoms with Gasteiger partial charge in [0.1, 0.15) is 11.9 Å². The third-order valence-electron chi connectivity index (χ3n) is 6.62. The smallest absolute Gasteiger partial charge is 0.322 e. The zero-order chi connectivity index (χ0) is 24.2. The van der Waals surface area contributed by atoms with E-state index in [1.165, 1.54) is 6.92 Å². The Labute approximate surface area is 208 Å². The summed E-state index contributed by atoms with van der Waals surface area (Å²) in [7, 11) is 1.59. The van der Waals surface area contributed by atoms with Crippen molar-refractivity contribution in [2.45, 2.75) is 37.5 Å². The van der Waals surface area contributed by atoms with Gasteiger partial charge in [0.05, 0.1) is 20.3 Å². The second-order valence-electron chi connectivity index (χ2n) is 8.72. The number of ether oxygens (including phenoxy) is 2. The number of hydrogen-bond donors (Lipinski definition) is 2. The number of aliphatic hydroxyl groups excluding tert-OH is 1. The molecule has 2 aromatic rings. The summed E-state index contributed by atoms with van der Waals surface area (Å²) in [6.07, 6.45) is 0.178. The first kappa shape index (κ1) is 24.5. The predicted molar refractivity (Wildman–Crippen MR) is 132 cm³/mol. The quantitative estimate of drug-likeness (QED) is 0.574. The molecule has 2 N–H and O–H groups in total. The molecular formula is C25H30BrN3O5. The first-order chi connectivity index (χ1) is 16.4. The van der Waals surface area contributed by atoms with Crippen molar-refractivity contribution in [3.63, 3.8) is 0 Å². The van der Waals surface area contributed by atoms with Gasteiger partial charge in [0.15, 0.2) is 0 Å². The van der Waals surface area contributed by atoms with Crippen LogP contribution >= 0.6 is 15.9 Å². The second kappa shape index (κ2) is 10.8. The van der Waals surface area contributed by atoms with Crippen molar-refractivity contribution in [2.24, 2.45) is 0 Å². The van der Waals surface area contributed by atoms with Gasteiger partial charge in [0.2, 0.25) is 0 Å². The Hall–Kier alpha value is -2.62. The number of aliphatic hydroxyl groups is 1. The maximum Gasteiger partial charge on any atom is 0.322 e. The Kier molecular flexibility index (Phi) is 7.75. The molecule has 0 aliphatic carbocycles. The number of fused-ring (bicyclic) bond motifs is 1. The molecule has 2 aliphatic heterocycles. The first-order valence-electron chi connectivity index (χ1n) is 11.4. The van der Waals surface area contributed by atoms with Crippen molar-refractivity contribution < 1.29 is 24.2 Å². The van der Waals surface area contributed by atoms with Gasteiger partial charge in [-0.05, 0) is 48.4 Å². The minimum atomic E-state index is -0.411. The topological polar surface area (TPSA) is 91.3 Å². The van der Waals surface area contributed by atoms with Crippen LogP contribution in [-0.2, 0) is 9.53 Å². The van der Waals surface area contributed by atoms with Crippen LogP contribution in [-0.4, -0.2) is 78.4 Å². The van der Waals surface area contributed by atoms with Crippen LogP contribution in [0.25, 0.3) is 0 Å². The van der Waals surface area contributed by atoms with E-state index in [1.807, 2.05) is 12.1 Å². The molecule has 4 atom stereocenters. The molecule has 4 rings (SSSR count). The molecule has 8 nitrogen and oxygen atoms in total. The number of nitrogens with zero attached hydrogens (tertiary/aromatic N) is 2. The molecule has 34 heavy (non-hydrogen) atoms. The molecule has 0 unspecified atom stereocenters. The van der Waals surface area contributed by atoms with E-state index in [2.05, 4.69) is 38.3 Å². The van der Waals surface area contributed by atoms with Gasteiger partial charge in [-0.15, -0.1) is 0 Å². The van der Waals surface area contributed by atoms with Gasteiger partial charge < -0.3 is 24.8 Å². The molecule has 0 radical (unpaired) electrons. The maximum atomic E-state index is 13.3. The fourth-order valence-electron chi connectivity index (χ4n) is 5.02. The zero-order valence-corrected chi connectivity index (χ0v) is 20.9. The number of carbonyl (C=O) groups excluding carboxylic acids is 2. The monoisotopic (exact) mass is 531 g/mol. The van der Waals surface area contributed by atoms with Gasteiger partial charge in [-0.25, -0.2) is 4.79 Å². The fourth-order valence-corrected chi connectivity index (χ4v) is 5.28. The summed E-state index contributed by atoms with van der Waals surface area (Å²) < 4.78 is 11.7. The van der Waals surface area contributed by atoms with Crippen LogP contribution in [0, 0.1) is 0 Å². The van der Waals surface area contributed by atoms with Gasteiger partial charge in [0.25, 0.3) is 0 Å². The number of amides is 2. The Morgan fingerprint density at radius 1 is 1.12 bits per heavy atom. The van der Waals surface area contributed by atoms with Gasteiger partial charge in [0, 0.05) is 48.2 Å². The molecule has 2 aliphatic rings. The number of carbonyl (C=O) groups is 2. The van der Waals surface area contributed by atoms with Crippen LogP contribution in [0.1, 0.15) is 24.8 Å². The highest BCUT2D eigenvalue weighted by Crippen LogP contribution is 2.42. The lowest BCUT2D eigenvalue weighted by atomic mass is 9.74. The average molecular weight is 532 g/mol. The number of benzene rings is 2. The normalized spacial score (nSPS) is 24.8. The highest BCUT2D eigenvalue weighted by Gasteiger charge is 2.50. The highest BCUT2D eigenvalue weighted by molar-refractivity contribution is 9.10. The number of nitrogens with one attached hydrogen (secondary N) is 1. The SMILES string of the molecule is COc1ccc(NC(=O)N2C[C@@H](OC(C)=O)CCN3[C@H](CO)[C@H](c4ccc(Br)cc4)[C@@H]3C2)cc1. The minimum Gasteiger partial charge on any atom is -0.497 e. The molecular weight excluding hydrogens is 502 g/mol. The maximum absolute atomic E-state index is 13.3. The van der Waals surface area contributed by atoms with E-state index in [1.54, 1.807) is 36.3 Å². The van der Waals surface area contributed by atoms with E-state index in [9.17, 15) is 14.7 Å². The number of rotatable bonds is 5. The Morgan fingerprint density at radius 2 is 1.82 bits per heavy atom. The van der Waals surface area contributed by atoms with Gasteiger partial charge in [-0.2, -0.15) is 0 Å². The summed E-state index contributed by atoms with van der Waals surface area (Å²) in [5.74, 6) is 0.434. The lowest BCUT2D eigenvalue weighted by molar-refractivity contribution is -0.150. The van der Waals surface area contributed by atoms with E-state index in [-0.39, 0.29) is 36.6 Å². The third-order valence-corrected chi connectivity index (χ3v) is 7.15. The molecule has 182 valence electrons. The van der Waals surface area contributed by atoms with Crippen LogP contribution in [0.15, 0.2) is 53.0 Å². The summed E-state index contributed by atoms with van der Waals surface area (Å²) in [5, 5.41) is 13.1. The summed E-state index contributed by atoms with van der Waals surface area (Å²) in [6, 6.07) is 15.0. The van der Waals surface area contributed by atoms with Crippen molar-refractivity contribution >= 4 is 33.6 Å². The van der Waals surface area contributed by atoms with Gasteiger partial charge in [-0.3, -0.25) is 9.69 Å². The lowest BCUT2D eigenvalue weighted by Crippen LogP contribution is -2.69. The molecule has 2 saturated heterocycles. The van der Waals surface area contributed by atoms with Crippen LogP contribution in [0.2, 0.25) is 0 Å². The van der Waals surface area contributed by atoms with E-state index >= 15 is 0 Å². The molecule has 2 heterocycles. The number of halogens is 1. The minimum absolute atomic E-state index is 0.0213. The fraction of sp³-hybridized carbons (Fsp3) is 0.440. The van der Waals surface area contributed by atoms with Crippen molar-refractivity contribution in [3.8, 4) is 5.75 Å². The van der Waals surface area contributed by atoms with Crippen LogP contribution in [0.3, 0.4) is 0 Å². The van der Waals surface area contributed by atoms with Gasteiger partial charge >= 0.3 is 12.0 Å². The molecule has 0 bridgehead atoms. The third kappa shape index (κ3) is 5.37. The molecule has 2 aromatic carbocycles. The zero-order valence-electron chi connectivity index (χ0n) is 19.3. The number of methoxy groups -OCH3 is 1. The second-order valence-corrected chi connectivity index (χ2v) is 9.63. The van der Waals surface area contributed by atoms with E-state index in [0.29, 0.717) is 37.5 Å². The first-order valence-corrected chi connectivity index (χ1v) is 12.2. The average Bonchev–Trinajstić information content (AvgIpc) is 2.80. The summed E-state index contributed by atoms with van der Waals surface area (Å²) in [6.45, 7) is 2.86. The molecule has 2 amide bonds. The standard InChI is InChI=1S/C25H30BrN3O5/c1-16(31)34-21-11-12-29-22(24(23(29)15-30)17-3-5-18(26)6-4-17)14-28(13-21)25(32)27-19-7-9-20(33-2)10-8-19/h3-10,21-24,30H,11-15H2,1-2H3,(H,27,32)/t21-,22-,23+,24+/m0/s1. The Balaban J connectivity index is 1.56. The predicted octanol–water partition coefficient (Wildman–Crippen LogP) is 3.46. The van der Waals surface area contributed by atoms with Crippen LogP contribution in [0.5, 0.6) is 5.75 Å². The number of urea groups is 1. The molecule has 2 fully saturated rings. The molecule has 0 aromatic heterocycles.